The van der Waals surface area contributed by atoms with Gasteiger partial charge in [-0.1, -0.05) is 24.3 Å². The molecule has 2 aromatic carbocycles. The molecule has 202 valence electrons. The van der Waals surface area contributed by atoms with Gasteiger partial charge in [0.2, 0.25) is 0 Å². The highest BCUT2D eigenvalue weighted by molar-refractivity contribution is 7.92. The van der Waals surface area contributed by atoms with Gasteiger partial charge in [0.15, 0.2) is 9.84 Å². The summed E-state index contributed by atoms with van der Waals surface area (Å²) in [4.78, 5) is 4.55. The molecule has 1 saturated heterocycles. The van der Waals surface area contributed by atoms with E-state index in [9.17, 15) is 18.5 Å². The molecule has 0 aliphatic carbocycles. The molecule has 1 fully saturated rings. The van der Waals surface area contributed by atoms with Gasteiger partial charge in [0, 0.05) is 12.5 Å². The predicted molar refractivity (Wildman–Crippen MR) is 153 cm³/mol. The number of aromatic hydroxyl groups is 1. The summed E-state index contributed by atoms with van der Waals surface area (Å²) in [6.07, 6.45) is 4.23. The van der Waals surface area contributed by atoms with Crippen molar-refractivity contribution in [3.8, 4) is 11.5 Å². The minimum absolute atomic E-state index is 0.0258. The summed E-state index contributed by atoms with van der Waals surface area (Å²) in [5.41, 5.74) is 5.67. The lowest BCUT2D eigenvalue weighted by molar-refractivity contribution is 0.170. The van der Waals surface area contributed by atoms with E-state index in [1.54, 1.807) is 6.20 Å². The zero-order valence-corrected chi connectivity index (χ0v) is 22.9. The van der Waals surface area contributed by atoms with Crippen molar-refractivity contribution < 1.29 is 27.9 Å². The summed E-state index contributed by atoms with van der Waals surface area (Å²) < 4.78 is 38.1. The summed E-state index contributed by atoms with van der Waals surface area (Å²) in [6.45, 7) is 3.88. The Morgan fingerprint density at radius 3 is 2.54 bits per heavy atom. The molecule has 0 unspecified atom stereocenters. The van der Waals surface area contributed by atoms with Gasteiger partial charge < -0.3 is 19.5 Å². The van der Waals surface area contributed by atoms with Crippen LogP contribution >= 0.6 is 0 Å². The highest BCUT2D eigenvalue weighted by atomic mass is 32.2. The molecule has 5 rings (SSSR count). The number of sulfone groups is 1. The van der Waals surface area contributed by atoms with Crippen LogP contribution in [0.3, 0.4) is 0 Å². The number of aromatic nitrogens is 1. The normalized spacial score (nSPS) is 20.7. The van der Waals surface area contributed by atoms with Crippen LogP contribution < -0.4 is 4.74 Å². The molecule has 7 nitrogen and oxygen atoms in total. The van der Waals surface area contributed by atoms with E-state index >= 15 is 0 Å². The number of phenolic OH excluding ortho intramolecular Hbond substituents is 1. The number of para-hydroxylation sites is 1. The summed E-state index contributed by atoms with van der Waals surface area (Å²) in [7, 11) is -4.62. The Hall–Kier alpha value is -3.40. The minimum Gasteiger partial charge on any atom is -0.507 e. The Morgan fingerprint density at radius 2 is 1.85 bits per heavy atom. The van der Waals surface area contributed by atoms with E-state index in [1.807, 2.05) is 80.6 Å². The number of pyridine rings is 1. The molecule has 0 saturated carbocycles. The standard InChI is InChI=1S/C30H32BNO6S/c1-20-14-22(15-21(2)30(20)33)16-23(26-10-6-7-13-32-26)11-12-27-29-24(18-37-25-8-4-3-5-9-25)19-39(35,36)28(29)17-31(34)38-27/h3-10,13-16,27-28,33-34H,11-12,17-19H2,1-2H3/b23-16-/t27-,28+/m1/s1. The molecule has 2 aliphatic heterocycles. The van der Waals surface area contributed by atoms with E-state index < -0.39 is 28.3 Å². The molecule has 0 bridgehead atoms. The fourth-order valence-electron chi connectivity index (χ4n) is 5.48. The van der Waals surface area contributed by atoms with Gasteiger partial charge in [-0.15, -0.1) is 0 Å². The number of phenols is 1. The second-order valence-electron chi connectivity index (χ2n) is 10.2. The minimum atomic E-state index is -3.46. The van der Waals surface area contributed by atoms with Gasteiger partial charge in [-0.25, -0.2) is 8.42 Å². The van der Waals surface area contributed by atoms with Crippen LogP contribution in [0.1, 0.15) is 35.2 Å². The van der Waals surface area contributed by atoms with Crippen LogP contribution in [0.25, 0.3) is 11.6 Å². The molecule has 2 N–H and O–H groups in total. The van der Waals surface area contributed by atoms with Crippen molar-refractivity contribution in [2.45, 2.75) is 44.4 Å². The highest BCUT2D eigenvalue weighted by Gasteiger charge is 2.48. The number of nitrogens with zero attached hydrogens (tertiary/aromatic N) is 1. The van der Waals surface area contributed by atoms with E-state index in [1.165, 1.54) is 0 Å². The maximum Gasteiger partial charge on any atom is 0.456 e. The Morgan fingerprint density at radius 1 is 1.13 bits per heavy atom. The number of aryl methyl sites for hydroxylation is 2. The molecule has 9 heteroatoms. The van der Waals surface area contributed by atoms with Crippen molar-refractivity contribution in [3.63, 3.8) is 0 Å². The van der Waals surface area contributed by atoms with E-state index in [2.05, 4.69) is 4.98 Å². The van der Waals surface area contributed by atoms with Crippen LogP contribution in [0, 0.1) is 13.8 Å². The van der Waals surface area contributed by atoms with Gasteiger partial charge in [-0.2, -0.15) is 0 Å². The fourth-order valence-corrected chi connectivity index (χ4v) is 7.58. The quantitative estimate of drug-likeness (QED) is 0.310. The molecule has 2 atom stereocenters. The monoisotopic (exact) mass is 545 g/mol. The van der Waals surface area contributed by atoms with Gasteiger partial charge >= 0.3 is 7.12 Å². The number of rotatable bonds is 8. The molecule has 3 aromatic rings. The topological polar surface area (TPSA) is 106 Å². The number of fused-ring (bicyclic) bond motifs is 1. The number of hydrogen-bond donors (Lipinski definition) is 2. The van der Waals surface area contributed by atoms with Gasteiger partial charge in [-0.3, -0.25) is 4.98 Å². The van der Waals surface area contributed by atoms with E-state index in [-0.39, 0.29) is 24.4 Å². The van der Waals surface area contributed by atoms with Gasteiger partial charge in [0.25, 0.3) is 0 Å². The predicted octanol–water partition coefficient (Wildman–Crippen LogP) is 4.78. The summed E-state index contributed by atoms with van der Waals surface area (Å²) >= 11 is 0. The van der Waals surface area contributed by atoms with Crippen LogP contribution in [0.4, 0.5) is 0 Å². The van der Waals surface area contributed by atoms with Crippen molar-refractivity contribution >= 4 is 28.6 Å². The molecular formula is C30H32BNO6S. The summed E-state index contributed by atoms with van der Waals surface area (Å²) in [6, 6.07) is 18.9. The van der Waals surface area contributed by atoms with Crippen molar-refractivity contribution in [2.24, 2.45) is 0 Å². The van der Waals surface area contributed by atoms with Crippen LogP contribution in [0.2, 0.25) is 6.32 Å². The van der Waals surface area contributed by atoms with Crippen LogP contribution in [0.15, 0.2) is 78.0 Å². The van der Waals surface area contributed by atoms with E-state index in [0.29, 0.717) is 29.7 Å². The first-order chi connectivity index (χ1) is 18.7. The Labute approximate surface area is 229 Å². The molecule has 0 radical (unpaired) electrons. The third-order valence-electron chi connectivity index (χ3n) is 7.33. The van der Waals surface area contributed by atoms with Crippen molar-refractivity contribution in [1.82, 2.24) is 4.98 Å². The van der Waals surface area contributed by atoms with Gasteiger partial charge in [-0.05, 0) is 103 Å². The van der Waals surface area contributed by atoms with Crippen molar-refractivity contribution in [1.29, 1.82) is 0 Å². The molecular weight excluding hydrogens is 513 g/mol. The molecule has 2 aliphatic rings. The molecule has 39 heavy (non-hydrogen) atoms. The summed E-state index contributed by atoms with van der Waals surface area (Å²) in [5.74, 6) is 0.850. The highest BCUT2D eigenvalue weighted by Crippen LogP contribution is 2.40. The SMILES string of the molecule is Cc1cc(/C=C(/CC[C@H]2OB(O)C[C@H]3C2=C(COc2ccccc2)CS3(=O)=O)c2ccccn2)cc(C)c1O. The molecule has 0 amide bonds. The van der Waals surface area contributed by atoms with Gasteiger partial charge in [0.1, 0.15) is 18.1 Å². The van der Waals surface area contributed by atoms with E-state index in [4.69, 9.17) is 9.39 Å². The Bertz CT molecular complexity index is 1480. The van der Waals surface area contributed by atoms with Crippen molar-refractivity contribution in [3.05, 3.63) is 100 Å². The van der Waals surface area contributed by atoms with E-state index in [0.717, 1.165) is 28.0 Å². The Kier molecular flexibility index (Phi) is 7.93. The number of allylic oxidation sites excluding steroid dienone is 1. The van der Waals surface area contributed by atoms with Crippen LogP contribution in [-0.4, -0.2) is 54.4 Å². The number of hydrogen-bond acceptors (Lipinski definition) is 7. The number of benzene rings is 2. The smallest absolute Gasteiger partial charge is 0.456 e. The van der Waals surface area contributed by atoms with Crippen molar-refractivity contribution in [2.75, 3.05) is 12.4 Å². The van der Waals surface area contributed by atoms with Gasteiger partial charge in [0.05, 0.1) is 22.8 Å². The second kappa shape index (κ2) is 11.4. The largest absolute Gasteiger partial charge is 0.507 e. The zero-order chi connectivity index (χ0) is 27.6. The average Bonchev–Trinajstić information content (AvgIpc) is 3.18. The second-order valence-corrected chi connectivity index (χ2v) is 12.4. The zero-order valence-electron chi connectivity index (χ0n) is 22.1. The molecule has 0 spiro atoms. The summed E-state index contributed by atoms with van der Waals surface area (Å²) in [5, 5.41) is 19.9. The third-order valence-corrected chi connectivity index (χ3v) is 9.39. The maximum absolute atomic E-state index is 13.1. The lowest BCUT2D eigenvalue weighted by Gasteiger charge is -2.32. The number of ether oxygens (including phenoxy) is 1. The van der Waals surface area contributed by atoms with Crippen LogP contribution in [-0.2, 0) is 14.5 Å². The molecule has 3 heterocycles. The first kappa shape index (κ1) is 27.2. The fraction of sp³-hybridized carbons (Fsp3) is 0.300. The van der Waals surface area contributed by atoms with Crippen LogP contribution in [0.5, 0.6) is 11.5 Å². The third kappa shape index (κ3) is 6.11. The lowest BCUT2D eigenvalue weighted by Crippen LogP contribution is -2.42. The molecule has 1 aromatic heterocycles. The maximum atomic E-state index is 13.1. The first-order valence-corrected chi connectivity index (χ1v) is 14.8. The average molecular weight is 545 g/mol. The Balaban J connectivity index is 1.45. The lowest BCUT2D eigenvalue weighted by atomic mass is 9.74. The first-order valence-electron chi connectivity index (χ1n) is 13.1.